The summed E-state index contributed by atoms with van der Waals surface area (Å²) in [6.45, 7) is 0. The van der Waals surface area contributed by atoms with E-state index in [9.17, 15) is 30.3 Å². The van der Waals surface area contributed by atoms with E-state index in [0.717, 1.165) is 0 Å². The number of hydrogen-bond donors (Lipinski definition) is 1. The van der Waals surface area contributed by atoms with E-state index in [1.54, 1.807) is 0 Å². The monoisotopic (exact) mass is 292 g/mol. The number of nitro benzene ring substituents is 3. The maximum atomic E-state index is 10.4. The smallest absolute Gasteiger partial charge is 0.497 e. The number of benzene rings is 1. The van der Waals surface area contributed by atoms with Gasteiger partial charge in [-0.25, -0.2) is 0 Å². The van der Waals surface area contributed by atoms with E-state index in [2.05, 4.69) is 0 Å². The van der Waals surface area contributed by atoms with Gasteiger partial charge in [0.2, 0.25) is 0 Å². The molecule has 93 valence electrons. The molecule has 0 aromatic heterocycles. The van der Waals surface area contributed by atoms with Crippen molar-refractivity contribution in [2.75, 3.05) is 0 Å². The molecule has 0 saturated heterocycles. The van der Waals surface area contributed by atoms with Gasteiger partial charge in [0.15, 0.2) is 0 Å². The van der Waals surface area contributed by atoms with Crippen molar-refractivity contribution in [2.24, 2.45) is 0 Å². The van der Waals surface area contributed by atoms with E-state index < -0.39 is 37.6 Å². The molecular formula is C6H3CuN3O7+2. The summed E-state index contributed by atoms with van der Waals surface area (Å²) in [5.41, 5.74) is -3.00. The van der Waals surface area contributed by atoms with Crippen LogP contribution in [0.25, 0.3) is 0 Å². The van der Waals surface area contributed by atoms with Gasteiger partial charge in [-0.15, -0.1) is 0 Å². The molecule has 0 atom stereocenters. The fourth-order valence-corrected chi connectivity index (χ4v) is 0.974. The zero-order valence-electron chi connectivity index (χ0n) is 7.69. The van der Waals surface area contributed by atoms with E-state index in [-0.39, 0.29) is 17.1 Å². The van der Waals surface area contributed by atoms with Crippen LogP contribution in [0.4, 0.5) is 17.1 Å². The van der Waals surface area contributed by atoms with Crippen molar-refractivity contribution < 1.29 is 36.9 Å². The van der Waals surface area contributed by atoms with Crippen LogP contribution in [0, 0.1) is 30.3 Å². The fourth-order valence-electron chi connectivity index (χ4n) is 0.974. The van der Waals surface area contributed by atoms with Crippen LogP contribution in [0.5, 0.6) is 5.75 Å². The molecule has 0 heterocycles. The molecule has 1 N–H and O–H groups in total. The van der Waals surface area contributed by atoms with E-state index in [4.69, 9.17) is 5.11 Å². The minimum Gasteiger partial charge on any atom is -0.497 e. The third kappa shape index (κ3) is 2.86. The largest absolute Gasteiger partial charge is 2.00 e. The van der Waals surface area contributed by atoms with Crippen molar-refractivity contribution in [2.45, 2.75) is 0 Å². The first-order chi connectivity index (χ1) is 7.34. The Bertz CT molecular complexity index is 467. The second-order valence-electron chi connectivity index (χ2n) is 2.60. The standard InChI is InChI=1S/C6H3N3O7.Cu/c10-6-4(8(13)14)1-3(7(11)12)2-5(6)9(15)16;/h1-2,10H;/q;+2. The summed E-state index contributed by atoms with van der Waals surface area (Å²) in [5, 5.41) is 40.2. The van der Waals surface area contributed by atoms with Gasteiger partial charge in [0, 0.05) is 0 Å². The summed E-state index contributed by atoms with van der Waals surface area (Å²) in [5.74, 6) is -1.21. The van der Waals surface area contributed by atoms with Crippen molar-refractivity contribution in [1.29, 1.82) is 0 Å². The number of phenols is 1. The SMILES string of the molecule is O=[N+]([O-])c1cc([N+](=O)[O-])c(O)c([N+](=O)[O-])c1.[Cu+2]. The van der Waals surface area contributed by atoms with Gasteiger partial charge in [0.05, 0.1) is 26.9 Å². The van der Waals surface area contributed by atoms with Crippen LogP contribution in [-0.4, -0.2) is 19.9 Å². The molecule has 0 aliphatic rings. The van der Waals surface area contributed by atoms with Gasteiger partial charge in [-0.05, 0) is 0 Å². The minimum absolute atomic E-state index is 0. The molecule has 0 aliphatic heterocycles. The Morgan fingerprint density at radius 3 is 1.47 bits per heavy atom. The quantitative estimate of drug-likeness (QED) is 0.498. The second-order valence-corrected chi connectivity index (χ2v) is 2.60. The van der Waals surface area contributed by atoms with E-state index >= 15 is 0 Å². The molecule has 0 amide bonds. The van der Waals surface area contributed by atoms with E-state index in [0.29, 0.717) is 12.1 Å². The molecule has 11 heteroatoms. The number of nitrogens with zero attached hydrogens (tertiary/aromatic N) is 3. The zero-order valence-corrected chi connectivity index (χ0v) is 8.64. The summed E-state index contributed by atoms with van der Waals surface area (Å²) in [6, 6.07) is 0.894. The molecule has 0 bridgehead atoms. The van der Waals surface area contributed by atoms with Crippen molar-refractivity contribution in [3.63, 3.8) is 0 Å². The Labute approximate surface area is 103 Å². The zero-order chi connectivity index (χ0) is 12.5. The normalized spacial score (nSPS) is 9.18. The van der Waals surface area contributed by atoms with Crippen LogP contribution in [0.15, 0.2) is 12.1 Å². The number of aromatic hydroxyl groups is 1. The molecule has 0 aliphatic carbocycles. The third-order valence-corrected chi connectivity index (χ3v) is 1.66. The summed E-state index contributed by atoms with van der Waals surface area (Å²) in [7, 11) is 0. The van der Waals surface area contributed by atoms with Crippen LogP contribution < -0.4 is 0 Å². The number of phenolic OH excluding ortho intramolecular Hbond substituents is 1. The molecule has 1 radical (unpaired) electrons. The van der Waals surface area contributed by atoms with Crippen LogP contribution >= 0.6 is 0 Å². The molecule has 10 nitrogen and oxygen atoms in total. The van der Waals surface area contributed by atoms with Crippen molar-refractivity contribution in [3.05, 3.63) is 42.5 Å². The molecular weight excluding hydrogens is 290 g/mol. The predicted molar refractivity (Wildman–Crippen MR) is 48.1 cm³/mol. The first-order valence-electron chi connectivity index (χ1n) is 3.64. The molecule has 0 fully saturated rings. The Hall–Kier alpha value is -2.26. The topological polar surface area (TPSA) is 150 Å². The summed E-state index contributed by atoms with van der Waals surface area (Å²) in [6.07, 6.45) is 0. The minimum atomic E-state index is -1.21. The average Bonchev–Trinajstić information content (AvgIpc) is 2.16. The van der Waals surface area contributed by atoms with Gasteiger partial charge in [-0.3, -0.25) is 30.3 Å². The molecule has 1 aromatic rings. The van der Waals surface area contributed by atoms with Gasteiger partial charge in [-0.1, -0.05) is 0 Å². The number of rotatable bonds is 3. The average molecular weight is 293 g/mol. The Morgan fingerprint density at radius 2 is 1.24 bits per heavy atom. The van der Waals surface area contributed by atoms with Gasteiger partial charge in [0.25, 0.3) is 11.4 Å². The Morgan fingerprint density at radius 1 is 0.882 bits per heavy atom. The van der Waals surface area contributed by atoms with Crippen LogP contribution in [0.1, 0.15) is 0 Å². The molecule has 17 heavy (non-hydrogen) atoms. The third-order valence-electron chi connectivity index (χ3n) is 1.66. The van der Waals surface area contributed by atoms with Crippen molar-refractivity contribution in [1.82, 2.24) is 0 Å². The second kappa shape index (κ2) is 5.18. The van der Waals surface area contributed by atoms with E-state index in [1.165, 1.54) is 0 Å². The van der Waals surface area contributed by atoms with Crippen LogP contribution in [0.2, 0.25) is 0 Å². The fraction of sp³-hybridized carbons (Fsp3) is 0. The first-order valence-corrected chi connectivity index (χ1v) is 3.64. The summed E-state index contributed by atoms with van der Waals surface area (Å²) >= 11 is 0. The summed E-state index contributed by atoms with van der Waals surface area (Å²) in [4.78, 5) is 27.8. The van der Waals surface area contributed by atoms with Crippen molar-refractivity contribution >= 4 is 17.1 Å². The number of nitro groups is 3. The Balaban J connectivity index is 0.00000256. The molecule has 1 aromatic carbocycles. The van der Waals surface area contributed by atoms with Crippen molar-refractivity contribution in [3.8, 4) is 5.75 Å². The van der Waals surface area contributed by atoms with Crippen LogP contribution in [0.3, 0.4) is 0 Å². The van der Waals surface area contributed by atoms with E-state index in [1.807, 2.05) is 0 Å². The van der Waals surface area contributed by atoms with Gasteiger partial charge in [-0.2, -0.15) is 0 Å². The van der Waals surface area contributed by atoms with Gasteiger partial charge < -0.3 is 5.11 Å². The molecule has 1 rings (SSSR count). The first kappa shape index (κ1) is 14.7. The maximum Gasteiger partial charge on any atom is 2.00 e. The predicted octanol–water partition coefficient (Wildman–Crippen LogP) is 1.11. The van der Waals surface area contributed by atoms with Crippen LogP contribution in [-0.2, 0) is 17.1 Å². The number of hydrogen-bond acceptors (Lipinski definition) is 7. The Kier molecular flexibility index (Phi) is 4.49. The molecule has 0 spiro atoms. The maximum absolute atomic E-state index is 10.4. The molecule has 0 unspecified atom stereocenters. The number of non-ortho nitro benzene ring substituents is 1. The van der Waals surface area contributed by atoms with Gasteiger partial charge >= 0.3 is 28.4 Å². The van der Waals surface area contributed by atoms with Gasteiger partial charge in [0.1, 0.15) is 0 Å². The summed E-state index contributed by atoms with van der Waals surface area (Å²) < 4.78 is 0. The molecule has 0 saturated carbocycles.